The van der Waals surface area contributed by atoms with Crippen LogP contribution < -0.4 is 0 Å². The van der Waals surface area contributed by atoms with E-state index < -0.39 is 0 Å². The number of hydrogen-bond acceptors (Lipinski definition) is 2. The van der Waals surface area contributed by atoms with Gasteiger partial charge in [0.05, 0.1) is 0 Å². The van der Waals surface area contributed by atoms with Crippen LogP contribution in [0.25, 0.3) is 17.0 Å². The molecule has 0 saturated heterocycles. The topological polar surface area (TPSA) is 30.2 Å². The molecule has 0 fully saturated rings. The van der Waals surface area contributed by atoms with Crippen LogP contribution in [0.5, 0.6) is 0 Å². The van der Waals surface area contributed by atoms with Crippen molar-refractivity contribution in [3.63, 3.8) is 0 Å². The second kappa shape index (κ2) is 4.13. The molecule has 2 heteroatoms. The maximum atomic E-state index is 10.6. The standard InChI is InChI=1S/C13H12O2/c1-2-10(9-14)7-12-8-11-5-3-4-6-13(11)15-12/h3-9H,2H2,1H3. The molecule has 0 radical (unpaired) electrons. The lowest BCUT2D eigenvalue weighted by Crippen LogP contribution is -1.79. The van der Waals surface area contributed by atoms with Gasteiger partial charge in [0.15, 0.2) is 0 Å². The van der Waals surface area contributed by atoms with Crippen LogP contribution >= 0.6 is 0 Å². The van der Waals surface area contributed by atoms with E-state index in [1.54, 1.807) is 6.08 Å². The van der Waals surface area contributed by atoms with Crippen molar-refractivity contribution in [1.29, 1.82) is 0 Å². The molecular formula is C13H12O2. The van der Waals surface area contributed by atoms with Gasteiger partial charge < -0.3 is 4.42 Å². The van der Waals surface area contributed by atoms with E-state index in [1.807, 2.05) is 37.3 Å². The van der Waals surface area contributed by atoms with Gasteiger partial charge in [0.25, 0.3) is 0 Å². The Labute approximate surface area is 88.2 Å². The minimum Gasteiger partial charge on any atom is -0.457 e. The Hall–Kier alpha value is -1.83. The molecule has 0 N–H and O–H groups in total. The summed E-state index contributed by atoms with van der Waals surface area (Å²) in [6.07, 6.45) is 3.38. The van der Waals surface area contributed by atoms with Crippen LogP contribution in [-0.4, -0.2) is 6.29 Å². The molecule has 0 atom stereocenters. The molecule has 0 aliphatic rings. The number of furan rings is 1. The quantitative estimate of drug-likeness (QED) is 0.561. The predicted molar refractivity (Wildman–Crippen MR) is 60.5 cm³/mol. The summed E-state index contributed by atoms with van der Waals surface area (Å²) in [6.45, 7) is 1.95. The Morgan fingerprint density at radius 1 is 1.40 bits per heavy atom. The SMILES string of the molecule is CCC(C=O)=Cc1cc2ccccc2o1. The van der Waals surface area contributed by atoms with Crippen molar-refractivity contribution in [3.8, 4) is 0 Å². The van der Waals surface area contributed by atoms with Crippen molar-refractivity contribution in [2.24, 2.45) is 0 Å². The average molecular weight is 200 g/mol. The molecule has 2 nitrogen and oxygen atoms in total. The van der Waals surface area contributed by atoms with E-state index >= 15 is 0 Å². The highest BCUT2D eigenvalue weighted by Gasteiger charge is 2.01. The molecule has 2 aromatic rings. The first-order valence-electron chi connectivity index (χ1n) is 4.98. The van der Waals surface area contributed by atoms with Gasteiger partial charge in [-0.25, -0.2) is 0 Å². The van der Waals surface area contributed by atoms with Crippen molar-refractivity contribution in [2.45, 2.75) is 13.3 Å². The van der Waals surface area contributed by atoms with Crippen molar-refractivity contribution in [1.82, 2.24) is 0 Å². The number of benzene rings is 1. The normalized spacial score (nSPS) is 11.9. The predicted octanol–water partition coefficient (Wildman–Crippen LogP) is 3.43. The summed E-state index contributed by atoms with van der Waals surface area (Å²) in [5, 5.41) is 1.06. The van der Waals surface area contributed by atoms with E-state index in [0.29, 0.717) is 0 Å². The summed E-state index contributed by atoms with van der Waals surface area (Å²) >= 11 is 0. The smallest absolute Gasteiger partial charge is 0.146 e. The first-order valence-corrected chi connectivity index (χ1v) is 4.98. The van der Waals surface area contributed by atoms with Crippen LogP contribution in [0.2, 0.25) is 0 Å². The van der Waals surface area contributed by atoms with Crippen molar-refractivity contribution >= 4 is 23.3 Å². The zero-order valence-electron chi connectivity index (χ0n) is 8.57. The molecular weight excluding hydrogens is 188 g/mol. The number of fused-ring (bicyclic) bond motifs is 1. The lowest BCUT2D eigenvalue weighted by molar-refractivity contribution is -0.104. The third kappa shape index (κ3) is 1.99. The number of hydrogen-bond donors (Lipinski definition) is 0. The van der Waals surface area contributed by atoms with Gasteiger partial charge in [-0.2, -0.15) is 0 Å². The number of allylic oxidation sites excluding steroid dienone is 1. The fraction of sp³-hybridized carbons (Fsp3) is 0.154. The van der Waals surface area contributed by atoms with Crippen LogP contribution in [0.3, 0.4) is 0 Å². The van der Waals surface area contributed by atoms with E-state index in [-0.39, 0.29) is 0 Å². The average Bonchev–Trinajstić information content (AvgIpc) is 2.68. The zero-order chi connectivity index (χ0) is 10.7. The summed E-state index contributed by atoms with van der Waals surface area (Å²) in [7, 11) is 0. The van der Waals surface area contributed by atoms with Gasteiger partial charge in [0, 0.05) is 5.39 Å². The van der Waals surface area contributed by atoms with E-state index in [9.17, 15) is 4.79 Å². The highest BCUT2D eigenvalue weighted by Crippen LogP contribution is 2.20. The summed E-state index contributed by atoms with van der Waals surface area (Å²) in [5.41, 5.74) is 1.60. The van der Waals surface area contributed by atoms with Gasteiger partial charge in [0.1, 0.15) is 17.6 Å². The number of carbonyl (C=O) groups is 1. The first-order chi connectivity index (χ1) is 7.33. The minimum atomic E-state index is 0.723. The van der Waals surface area contributed by atoms with Gasteiger partial charge in [-0.05, 0) is 30.2 Å². The molecule has 15 heavy (non-hydrogen) atoms. The second-order valence-corrected chi connectivity index (χ2v) is 3.38. The van der Waals surface area contributed by atoms with Gasteiger partial charge >= 0.3 is 0 Å². The molecule has 0 unspecified atom stereocenters. The maximum Gasteiger partial charge on any atom is 0.146 e. The number of carbonyl (C=O) groups excluding carboxylic acids is 1. The van der Waals surface area contributed by atoms with E-state index in [0.717, 1.165) is 35.0 Å². The van der Waals surface area contributed by atoms with Gasteiger partial charge in [-0.1, -0.05) is 25.1 Å². The summed E-state index contributed by atoms with van der Waals surface area (Å²) in [4.78, 5) is 10.6. The number of aldehydes is 1. The lowest BCUT2D eigenvalue weighted by Gasteiger charge is -1.90. The fourth-order valence-electron chi connectivity index (χ4n) is 1.48. The van der Waals surface area contributed by atoms with Gasteiger partial charge in [0.2, 0.25) is 0 Å². The molecule has 1 aromatic heterocycles. The Morgan fingerprint density at radius 2 is 2.20 bits per heavy atom. The summed E-state index contributed by atoms with van der Waals surface area (Å²) < 4.78 is 5.57. The molecule has 0 bridgehead atoms. The monoisotopic (exact) mass is 200 g/mol. The van der Waals surface area contributed by atoms with E-state index in [2.05, 4.69) is 0 Å². The van der Waals surface area contributed by atoms with Crippen LogP contribution in [0.4, 0.5) is 0 Å². The van der Waals surface area contributed by atoms with Crippen LogP contribution in [0, 0.1) is 0 Å². The van der Waals surface area contributed by atoms with Crippen LogP contribution in [-0.2, 0) is 4.79 Å². The maximum absolute atomic E-state index is 10.6. The molecule has 76 valence electrons. The molecule has 1 heterocycles. The van der Waals surface area contributed by atoms with E-state index in [1.165, 1.54) is 0 Å². The van der Waals surface area contributed by atoms with Crippen molar-refractivity contribution < 1.29 is 9.21 Å². The minimum absolute atomic E-state index is 0.723. The van der Waals surface area contributed by atoms with Gasteiger partial charge in [-0.15, -0.1) is 0 Å². The Kier molecular flexibility index (Phi) is 2.68. The van der Waals surface area contributed by atoms with Crippen molar-refractivity contribution in [3.05, 3.63) is 41.7 Å². The molecule has 0 amide bonds. The molecule has 0 spiro atoms. The Bertz CT molecular complexity index is 473. The van der Waals surface area contributed by atoms with Crippen LogP contribution in [0.15, 0.2) is 40.3 Å². The fourth-order valence-corrected chi connectivity index (χ4v) is 1.48. The van der Waals surface area contributed by atoms with Crippen LogP contribution in [0.1, 0.15) is 19.1 Å². The molecule has 0 saturated carbocycles. The molecule has 0 aliphatic heterocycles. The van der Waals surface area contributed by atoms with Crippen molar-refractivity contribution in [2.75, 3.05) is 0 Å². The Morgan fingerprint density at radius 3 is 2.87 bits per heavy atom. The zero-order valence-corrected chi connectivity index (χ0v) is 8.57. The molecule has 0 aliphatic carbocycles. The highest BCUT2D eigenvalue weighted by molar-refractivity contribution is 5.84. The number of rotatable bonds is 3. The molecule has 1 aromatic carbocycles. The summed E-state index contributed by atoms with van der Waals surface area (Å²) in [5.74, 6) is 0.736. The first kappa shape index (κ1) is 9.71. The molecule has 2 rings (SSSR count). The Balaban J connectivity index is 2.45. The van der Waals surface area contributed by atoms with Gasteiger partial charge in [-0.3, -0.25) is 4.79 Å². The number of para-hydroxylation sites is 1. The largest absolute Gasteiger partial charge is 0.457 e. The third-order valence-electron chi connectivity index (χ3n) is 2.33. The summed E-state index contributed by atoms with van der Waals surface area (Å²) in [6, 6.07) is 9.74. The lowest BCUT2D eigenvalue weighted by atomic mass is 10.2. The van der Waals surface area contributed by atoms with E-state index in [4.69, 9.17) is 4.42 Å². The third-order valence-corrected chi connectivity index (χ3v) is 2.33. The highest BCUT2D eigenvalue weighted by atomic mass is 16.3. The second-order valence-electron chi connectivity index (χ2n) is 3.38.